The van der Waals surface area contributed by atoms with Crippen LogP contribution in [0.25, 0.3) is 0 Å². The second-order valence-electron chi connectivity index (χ2n) is 7.91. The van der Waals surface area contributed by atoms with E-state index in [-0.39, 0.29) is 41.2 Å². The van der Waals surface area contributed by atoms with Crippen LogP contribution in [0, 0.1) is 5.92 Å². The number of halogens is 1. The fraction of sp³-hybridized carbons (Fsp3) is 0.944. The molecule has 152 valence electrons. The van der Waals surface area contributed by atoms with E-state index in [0.717, 1.165) is 38.4 Å². The SMILES string of the molecule is CCNC(=NCC1CCS(=O)(=O)C1)NC1CCOC2(CCCCC2)C1.I. The van der Waals surface area contributed by atoms with Crippen LogP contribution in [0.4, 0.5) is 0 Å². The molecule has 6 nitrogen and oxygen atoms in total. The molecule has 0 aromatic carbocycles. The number of aliphatic imine (C=N–C) groups is 1. The molecular weight excluding hydrogens is 465 g/mol. The van der Waals surface area contributed by atoms with Crippen molar-refractivity contribution in [1.82, 2.24) is 10.6 Å². The Morgan fingerprint density at radius 2 is 2.00 bits per heavy atom. The Labute approximate surface area is 175 Å². The monoisotopic (exact) mass is 499 g/mol. The van der Waals surface area contributed by atoms with Crippen molar-refractivity contribution in [2.45, 2.75) is 69.9 Å². The van der Waals surface area contributed by atoms with Crippen molar-refractivity contribution in [1.29, 1.82) is 0 Å². The van der Waals surface area contributed by atoms with Gasteiger partial charge in [0, 0.05) is 25.7 Å². The van der Waals surface area contributed by atoms with Gasteiger partial charge in [0.15, 0.2) is 15.8 Å². The Morgan fingerprint density at radius 3 is 2.65 bits per heavy atom. The van der Waals surface area contributed by atoms with Gasteiger partial charge in [-0.3, -0.25) is 4.99 Å². The van der Waals surface area contributed by atoms with Crippen molar-refractivity contribution in [3.63, 3.8) is 0 Å². The number of hydrogen-bond acceptors (Lipinski definition) is 4. The number of ether oxygens (including phenoxy) is 1. The van der Waals surface area contributed by atoms with Gasteiger partial charge in [-0.25, -0.2) is 8.42 Å². The summed E-state index contributed by atoms with van der Waals surface area (Å²) in [4.78, 5) is 4.68. The second kappa shape index (κ2) is 9.91. The lowest BCUT2D eigenvalue weighted by Gasteiger charge is -2.44. The molecule has 1 saturated carbocycles. The molecule has 2 heterocycles. The van der Waals surface area contributed by atoms with Crippen molar-refractivity contribution >= 4 is 39.8 Å². The van der Waals surface area contributed by atoms with Crippen LogP contribution in [0.2, 0.25) is 0 Å². The molecule has 0 aromatic rings. The van der Waals surface area contributed by atoms with Gasteiger partial charge in [0.25, 0.3) is 0 Å². The van der Waals surface area contributed by atoms with E-state index >= 15 is 0 Å². The van der Waals surface area contributed by atoms with Crippen LogP contribution in [-0.4, -0.2) is 57.2 Å². The van der Waals surface area contributed by atoms with E-state index in [9.17, 15) is 8.42 Å². The molecule has 3 rings (SSSR count). The summed E-state index contributed by atoms with van der Waals surface area (Å²) in [6.45, 7) is 4.27. The van der Waals surface area contributed by atoms with E-state index < -0.39 is 9.84 Å². The van der Waals surface area contributed by atoms with E-state index in [1.807, 2.05) is 0 Å². The third-order valence-electron chi connectivity index (χ3n) is 5.78. The zero-order valence-corrected chi connectivity index (χ0v) is 19.0. The molecule has 2 saturated heterocycles. The van der Waals surface area contributed by atoms with E-state index in [1.165, 1.54) is 32.1 Å². The smallest absolute Gasteiger partial charge is 0.191 e. The highest BCUT2D eigenvalue weighted by Crippen LogP contribution is 2.38. The molecule has 1 spiro atoms. The molecule has 3 fully saturated rings. The molecule has 8 heteroatoms. The fourth-order valence-electron chi connectivity index (χ4n) is 4.45. The molecule has 0 radical (unpaired) electrons. The van der Waals surface area contributed by atoms with Gasteiger partial charge in [0.05, 0.1) is 17.1 Å². The molecule has 0 amide bonds. The van der Waals surface area contributed by atoms with Crippen molar-refractivity contribution < 1.29 is 13.2 Å². The van der Waals surface area contributed by atoms with Crippen LogP contribution in [0.1, 0.15) is 58.3 Å². The number of nitrogens with zero attached hydrogens (tertiary/aromatic N) is 1. The van der Waals surface area contributed by atoms with Gasteiger partial charge in [-0.05, 0) is 44.9 Å². The molecule has 2 aliphatic heterocycles. The Kier molecular flexibility index (Phi) is 8.46. The molecule has 1 aliphatic carbocycles. The number of sulfone groups is 1. The fourth-order valence-corrected chi connectivity index (χ4v) is 6.29. The number of guanidine groups is 1. The zero-order chi connectivity index (χ0) is 17.8. The molecule has 3 aliphatic rings. The maximum absolute atomic E-state index is 11.6. The largest absolute Gasteiger partial charge is 0.375 e. The van der Waals surface area contributed by atoms with Crippen LogP contribution < -0.4 is 10.6 Å². The molecule has 2 atom stereocenters. The third kappa shape index (κ3) is 6.22. The minimum Gasteiger partial charge on any atom is -0.375 e. The normalized spacial score (nSPS) is 30.6. The first kappa shape index (κ1) is 22.2. The van der Waals surface area contributed by atoms with Crippen LogP contribution in [0.5, 0.6) is 0 Å². The lowest BCUT2D eigenvalue weighted by atomic mass is 9.78. The Hall–Kier alpha value is -0.0900. The summed E-state index contributed by atoms with van der Waals surface area (Å²) in [6, 6.07) is 0.386. The minimum absolute atomic E-state index is 0. The Morgan fingerprint density at radius 1 is 1.23 bits per heavy atom. The quantitative estimate of drug-likeness (QED) is 0.353. The van der Waals surface area contributed by atoms with Gasteiger partial charge >= 0.3 is 0 Å². The summed E-state index contributed by atoms with van der Waals surface area (Å²) in [5, 5.41) is 6.90. The predicted molar refractivity (Wildman–Crippen MR) is 116 cm³/mol. The first-order valence-electron chi connectivity index (χ1n) is 9.89. The van der Waals surface area contributed by atoms with Crippen LogP contribution in [-0.2, 0) is 14.6 Å². The van der Waals surface area contributed by atoms with Gasteiger partial charge in [-0.15, -0.1) is 24.0 Å². The van der Waals surface area contributed by atoms with E-state index in [4.69, 9.17) is 4.74 Å². The standard InChI is InChI=1S/C18H33N3O3S.HI/c1-2-19-17(20-13-15-7-11-25(22,23)14-15)21-16-6-10-24-18(12-16)8-4-3-5-9-18;/h15-16H,2-14H2,1H3,(H2,19,20,21);1H. The molecule has 26 heavy (non-hydrogen) atoms. The average molecular weight is 499 g/mol. The lowest BCUT2D eigenvalue weighted by Crippen LogP contribution is -2.52. The third-order valence-corrected chi connectivity index (χ3v) is 7.61. The van der Waals surface area contributed by atoms with Crippen LogP contribution in [0.15, 0.2) is 4.99 Å². The molecule has 0 bridgehead atoms. The minimum atomic E-state index is -2.83. The van der Waals surface area contributed by atoms with Crippen molar-refractivity contribution in [2.24, 2.45) is 10.9 Å². The van der Waals surface area contributed by atoms with Crippen molar-refractivity contribution in [3.05, 3.63) is 0 Å². The first-order chi connectivity index (χ1) is 12.0. The van der Waals surface area contributed by atoms with E-state index in [1.54, 1.807) is 0 Å². The summed E-state index contributed by atoms with van der Waals surface area (Å²) in [5.41, 5.74) is 0.0744. The van der Waals surface area contributed by atoms with Gasteiger partial charge in [-0.2, -0.15) is 0 Å². The number of nitrogens with one attached hydrogen (secondary N) is 2. The predicted octanol–water partition coefficient (Wildman–Crippen LogP) is 2.48. The molecular formula is C18H34IN3O3S. The summed E-state index contributed by atoms with van der Waals surface area (Å²) < 4.78 is 29.4. The van der Waals surface area contributed by atoms with Gasteiger partial charge in [0.1, 0.15) is 0 Å². The summed E-state index contributed by atoms with van der Waals surface area (Å²) in [7, 11) is -2.83. The Bertz CT molecular complexity index is 571. The first-order valence-corrected chi connectivity index (χ1v) is 11.7. The highest BCUT2D eigenvalue weighted by Gasteiger charge is 2.38. The maximum Gasteiger partial charge on any atom is 0.191 e. The van der Waals surface area contributed by atoms with Gasteiger partial charge < -0.3 is 15.4 Å². The van der Waals surface area contributed by atoms with Gasteiger partial charge in [-0.1, -0.05) is 19.3 Å². The topological polar surface area (TPSA) is 79.8 Å². The summed E-state index contributed by atoms with van der Waals surface area (Å²) in [6.07, 6.45) is 9.04. The second-order valence-corrected chi connectivity index (χ2v) is 10.1. The number of hydrogen-bond donors (Lipinski definition) is 2. The van der Waals surface area contributed by atoms with Gasteiger partial charge in [0.2, 0.25) is 0 Å². The molecule has 0 aromatic heterocycles. The Balaban J connectivity index is 0.00000243. The highest BCUT2D eigenvalue weighted by atomic mass is 127. The average Bonchev–Trinajstić information content (AvgIpc) is 2.93. The molecule has 2 N–H and O–H groups in total. The van der Waals surface area contributed by atoms with E-state index in [0.29, 0.717) is 18.3 Å². The van der Waals surface area contributed by atoms with Crippen molar-refractivity contribution in [3.8, 4) is 0 Å². The number of rotatable bonds is 4. The van der Waals surface area contributed by atoms with Crippen molar-refractivity contribution in [2.75, 3.05) is 31.2 Å². The summed E-state index contributed by atoms with van der Waals surface area (Å²) in [5.74, 6) is 1.60. The highest BCUT2D eigenvalue weighted by molar-refractivity contribution is 14.0. The maximum atomic E-state index is 11.6. The lowest BCUT2D eigenvalue weighted by molar-refractivity contribution is -0.107. The zero-order valence-electron chi connectivity index (χ0n) is 15.8. The van der Waals surface area contributed by atoms with Crippen LogP contribution in [0.3, 0.4) is 0 Å². The van der Waals surface area contributed by atoms with Crippen LogP contribution >= 0.6 is 24.0 Å². The van der Waals surface area contributed by atoms with E-state index in [2.05, 4.69) is 22.5 Å². The molecule has 2 unspecified atom stereocenters. The summed E-state index contributed by atoms with van der Waals surface area (Å²) >= 11 is 0.